The molecule has 1 rings (SSSR count). The van der Waals surface area contributed by atoms with E-state index in [1.165, 1.54) is 12.1 Å². The molecule has 2 N–H and O–H groups in total. The van der Waals surface area contributed by atoms with Crippen molar-refractivity contribution in [3.8, 4) is 11.5 Å². The van der Waals surface area contributed by atoms with Crippen molar-refractivity contribution in [1.82, 2.24) is 0 Å². The van der Waals surface area contributed by atoms with Gasteiger partial charge in [-0.15, -0.1) is 4.91 Å². The molecule has 0 aliphatic rings. The maximum atomic E-state index is 9.83. The second kappa shape index (κ2) is 2.34. The lowest BCUT2D eigenvalue weighted by atomic mass is 10.3. The fourth-order valence-corrected chi connectivity index (χ4v) is 0.569. The molecule has 0 aliphatic heterocycles. The molecule has 52 valence electrons. The Morgan fingerprint density at radius 3 is 2.40 bits per heavy atom. The third-order valence-electron chi connectivity index (χ3n) is 1.06. The van der Waals surface area contributed by atoms with Crippen molar-refractivity contribution in [1.29, 1.82) is 0 Å². The Morgan fingerprint density at radius 2 is 1.90 bits per heavy atom. The van der Waals surface area contributed by atoms with Gasteiger partial charge in [-0.1, -0.05) is 0 Å². The monoisotopic (exact) mass is 139 g/mol. The Labute approximate surface area is 56.7 Å². The van der Waals surface area contributed by atoms with Crippen LogP contribution in [0.25, 0.3) is 0 Å². The molecule has 0 spiro atoms. The van der Waals surface area contributed by atoms with Crippen molar-refractivity contribution in [3.05, 3.63) is 23.1 Å². The summed E-state index contributed by atoms with van der Waals surface area (Å²) >= 11 is 0. The van der Waals surface area contributed by atoms with Crippen molar-refractivity contribution < 1.29 is 10.2 Å². The number of hydrogen-bond donors (Lipinski definition) is 2. The van der Waals surface area contributed by atoms with Gasteiger partial charge < -0.3 is 10.2 Å². The van der Waals surface area contributed by atoms with E-state index < -0.39 is 0 Å². The first-order valence-corrected chi connectivity index (χ1v) is 2.59. The van der Waals surface area contributed by atoms with Gasteiger partial charge in [-0.05, 0) is 17.3 Å². The summed E-state index contributed by atoms with van der Waals surface area (Å²) in [6.07, 6.45) is 0. The van der Waals surface area contributed by atoms with Gasteiger partial charge >= 0.3 is 0 Å². The average molecular weight is 139 g/mol. The van der Waals surface area contributed by atoms with E-state index >= 15 is 0 Å². The largest absolute Gasteiger partial charge is 0.504 e. The van der Waals surface area contributed by atoms with Crippen molar-refractivity contribution in [3.63, 3.8) is 0 Å². The third kappa shape index (κ3) is 1.05. The topological polar surface area (TPSA) is 69.9 Å². The first-order chi connectivity index (χ1) is 4.74. The molecule has 0 bridgehead atoms. The van der Waals surface area contributed by atoms with Crippen LogP contribution in [0.2, 0.25) is 0 Å². The number of phenols is 2. The Hall–Kier alpha value is -1.58. The molecule has 4 nitrogen and oxygen atoms in total. The summed E-state index contributed by atoms with van der Waals surface area (Å²) in [4.78, 5) is 9.83. The summed E-state index contributed by atoms with van der Waals surface area (Å²) in [5, 5.41) is 20.1. The van der Waals surface area contributed by atoms with Crippen LogP contribution in [0.5, 0.6) is 11.5 Å². The van der Waals surface area contributed by atoms with Crippen LogP contribution in [0.4, 0.5) is 5.69 Å². The molecule has 0 aliphatic carbocycles. The lowest BCUT2D eigenvalue weighted by molar-refractivity contribution is 0.404. The van der Waals surface area contributed by atoms with E-state index in [1.54, 1.807) is 0 Å². The number of hydrogen-bond acceptors (Lipinski definition) is 4. The zero-order valence-corrected chi connectivity index (χ0v) is 4.98. The lowest BCUT2D eigenvalue weighted by Crippen LogP contribution is -1.66. The third-order valence-corrected chi connectivity index (χ3v) is 1.06. The first-order valence-electron chi connectivity index (χ1n) is 2.59. The molecule has 10 heavy (non-hydrogen) atoms. The fourth-order valence-electron chi connectivity index (χ4n) is 0.569. The minimum Gasteiger partial charge on any atom is -0.504 e. The van der Waals surface area contributed by atoms with E-state index in [0.717, 1.165) is 6.07 Å². The molecule has 0 saturated carbocycles. The van der Waals surface area contributed by atoms with Crippen LogP contribution >= 0.6 is 0 Å². The second-order valence-corrected chi connectivity index (χ2v) is 1.76. The van der Waals surface area contributed by atoms with Gasteiger partial charge in [0.05, 0.1) is 0 Å². The van der Waals surface area contributed by atoms with E-state index in [2.05, 4.69) is 5.18 Å². The van der Waals surface area contributed by atoms with Crippen LogP contribution in [0.1, 0.15) is 0 Å². The minimum atomic E-state index is -0.336. The maximum absolute atomic E-state index is 9.83. The number of benzene rings is 1. The first kappa shape index (κ1) is 6.54. The molecule has 0 atom stereocenters. The molecule has 0 unspecified atom stereocenters. The second-order valence-electron chi connectivity index (χ2n) is 1.76. The SMILES string of the molecule is O=Nc1ccc(O)c(O)c1. The number of aromatic hydroxyl groups is 2. The van der Waals surface area contributed by atoms with Crippen LogP contribution in [-0.4, -0.2) is 10.2 Å². The molecular weight excluding hydrogens is 134 g/mol. The number of phenolic OH excluding ortho intramolecular Hbond substituents is 2. The van der Waals surface area contributed by atoms with E-state index in [1.807, 2.05) is 0 Å². The van der Waals surface area contributed by atoms with E-state index in [9.17, 15) is 4.91 Å². The summed E-state index contributed by atoms with van der Waals surface area (Å²) in [6.45, 7) is 0. The summed E-state index contributed by atoms with van der Waals surface area (Å²) < 4.78 is 0. The predicted molar refractivity (Wildman–Crippen MR) is 35.2 cm³/mol. The Kier molecular flexibility index (Phi) is 1.53. The smallest absolute Gasteiger partial charge is 0.159 e. The van der Waals surface area contributed by atoms with Gasteiger partial charge in [0.25, 0.3) is 0 Å². The molecule has 1 aromatic carbocycles. The Balaban J connectivity index is 3.16. The maximum Gasteiger partial charge on any atom is 0.159 e. The van der Waals surface area contributed by atoms with Gasteiger partial charge in [0.2, 0.25) is 0 Å². The molecule has 0 fully saturated rings. The minimum absolute atomic E-state index is 0.0929. The molecule has 1 aromatic rings. The Bertz CT molecular complexity index is 259. The van der Waals surface area contributed by atoms with Crippen LogP contribution in [0.3, 0.4) is 0 Å². The highest BCUT2D eigenvalue weighted by atomic mass is 16.3. The predicted octanol–water partition coefficient (Wildman–Crippen LogP) is 1.50. The molecule has 4 heteroatoms. The molecular formula is C6H5NO3. The summed E-state index contributed by atoms with van der Waals surface area (Å²) in [6, 6.07) is 3.59. The molecule has 0 amide bonds. The average Bonchev–Trinajstić information content (AvgIpc) is 1.95. The van der Waals surface area contributed by atoms with E-state index in [-0.39, 0.29) is 17.2 Å². The van der Waals surface area contributed by atoms with Gasteiger partial charge in [0.1, 0.15) is 5.69 Å². The standard InChI is InChI=1S/C6H5NO3/c8-5-2-1-4(7-10)3-6(5)9/h1-3,8-9H. The van der Waals surface area contributed by atoms with E-state index in [0.29, 0.717) is 0 Å². The van der Waals surface area contributed by atoms with Crippen LogP contribution < -0.4 is 0 Å². The highest BCUT2D eigenvalue weighted by Crippen LogP contribution is 2.28. The number of nitrogens with zero attached hydrogens (tertiary/aromatic N) is 1. The van der Waals surface area contributed by atoms with Gasteiger partial charge in [-0.2, -0.15) is 0 Å². The summed E-state index contributed by atoms with van der Waals surface area (Å²) in [5.41, 5.74) is 0.0929. The number of nitroso groups, excluding NO2 is 1. The normalized spacial score (nSPS) is 9.20. The Morgan fingerprint density at radius 1 is 1.20 bits per heavy atom. The van der Waals surface area contributed by atoms with Gasteiger partial charge in [-0.3, -0.25) is 0 Å². The van der Waals surface area contributed by atoms with Gasteiger partial charge in [0, 0.05) is 6.07 Å². The molecule has 0 heterocycles. The van der Waals surface area contributed by atoms with Crippen molar-refractivity contribution >= 4 is 5.69 Å². The van der Waals surface area contributed by atoms with Crippen LogP contribution in [0.15, 0.2) is 23.4 Å². The molecule has 0 radical (unpaired) electrons. The van der Waals surface area contributed by atoms with Crippen molar-refractivity contribution in [2.45, 2.75) is 0 Å². The zero-order valence-electron chi connectivity index (χ0n) is 4.98. The fraction of sp³-hybridized carbons (Fsp3) is 0. The highest BCUT2D eigenvalue weighted by molar-refractivity contribution is 5.49. The number of rotatable bonds is 1. The lowest BCUT2D eigenvalue weighted by Gasteiger charge is -1.94. The molecule has 0 aromatic heterocycles. The zero-order chi connectivity index (χ0) is 7.56. The van der Waals surface area contributed by atoms with Crippen molar-refractivity contribution in [2.75, 3.05) is 0 Å². The highest BCUT2D eigenvalue weighted by Gasteiger charge is 1.98. The molecule has 0 saturated heterocycles. The van der Waals surface area contributed by atoms with Crippen LogP contribution in [-0.2, 0) is 0 Å². The van der Waals surface area contributed by atoms with E-state index in [4.69, 9.17) is 10.2 Å². The van der Waals surface area contributed by atoms with Crippen LogP contribution in [0, 0.1) is 4.91 Å². The van der Waals surface area contributed by atoms with Crippen molar-refractivity contribution in [2.24, 2.45) is 5.18 Å². The van der Waals surface area contributed by atoms with Gasteiger partial charge in [0.15, 0.2) is 11.5 Å². The summed E-state index contributed by atoms with van der Waals surface area (Å²) in [5.74, 6) is -0.593. The quantitative estimate of drug-likeness (QED) is 0.457. The van der Waals surface area contributed by atoms with Gasteiger partial charge in [-0.25, -0.2) is 0 Å². The summed E-state index contributed by atoms with van der Waals surface area (Å²) in [7, 11) is 0.